The highest BCUT2D eigenvalue weighted by Gasteiger charge is 2.45. The van der Waals surface area contributed by atoms with Crippen LogP contribution in [0.1, 0.15) is 6.23 Å². The number of aromatic amines is 1. The van der Waals surface area contributed by atoms with E-state index in [0.29, 0.717) is 0 Å². The number of H-pyrrole nitrogens is 1. The second-order valence-electron chi connectivity index (χ2n) is 4.73. The van der Waals surface area contributed by atoms with Crippen LogP contribution in [0, 0.1) is 0 Å². The topological polar surface area (TPSA) is 165 Å². The smallest absolute Gasteiger partial charge is 0.330 e. The molecule has 0 aliphatic carbocycles. The molecule has 6 N–H and O–H groups in total. The van der Waals surface area contributed by atoms with Crippen molar-refractivity contribution in [3.05, 3.63) is 33.1 Å². The van der Waals surface area contributed by atoms with Crippen LogP contribution in [0.5, 0.6) is 0 Å². The third kappa shape index (κ3) is 2.90. The maximum atomic E-state index is 11.7. The summed E-state index contributed by atoms with van der Waals surface area (Å²) < 4.78 is 5.98. The molecule has 0 amide bonds. The van der Waals surface area contributed by atoms with Gasteiger partial charge in [-0.3, -0.25) is 14.3 Å². The van der Waals surface area contributed by atoms with Crippen molar-refractivity contribution in [1.29, 1.82) is 0 Å². The molecule has 21 heavy (non-hydrogen) atoms. The summed E-state index contributed by atoms with van der Waals surface area (Å²) in [6, 6.07) is 0.996. The molecule has 0 saturated carbocycles. The first kappa shape index (κ1) is 15.8. The van der Waals surface area contributed by atoms with Gasteiger partial charge in [0.25, 0.3) is 5.56 Å². The zero-order valence-electron chi connectivity index (χ0n) is 10.7. The van der Waals surface area contributed by atoms with Gasteiger partial charge in [0.1, 0.15) is 30.5 Å². The van der Waals surface area contributed by atoms with E-state index in [-0.39, 0.29) is 0 Å². The zero-order chi connectivity index (χ0) is 15.7. The lowest BCUT2D eigenvalue weighted by molar-refractivity contribution is -0.152. The Balaban J connectivity index is 2.45. The van der Waals surface area contributed by atoms with Crippen LogP contribution in [-0.2, 0) is 4.74 Å². The van der Waals surface area contributed by atoms with E-state index in [4.69, 9.17) is 9.84 Å². The van der Waals surface area contributed by atoms with E-state index in [2.05, 4.69) is 0 Å². The molecule has 1 aromatic heterocycles. The summed E-state index contributed by atoms with van der Waals surface area (Å²) in [5.41, 5.74) is -1.58. The molecule has 10 heteroatoms. The van der Waals surface area contributed by atoms with Crippen molar-refractivity contribution in [1.82, 2.24) is 9.55 Å². The summed E-state index contributed by atoms with van der Waals surface area (Å²) in [6.45, 7) is -0.716. The van der Waals surface area contributed by atoms with Crippen molar-refractivity contribution >= 4 is 0 Å². The molecular weight excluding hydrogens is 288 g/mol. The summed E-state index contributed by atoms with van der Waals surface area (Å²) in [4.78, 5) is 24.7. The molecule has 0 radical (unpaired) electrons. The van der Waals surface area contributed by atoms with Crippen molar-refractivity contribution < 1.29 is 30.3 Å². The first-order valence-electron chi connectivity index (χ1n) is 6.17. The Morgan fingerprint density at radius 1 is 1.10 bits per heavy atom. The molecule has 118 valence electrons. The van der Waals surface area contributed by atoms with Crippen LogP contribution in [0.4, 0.5) is 0 Å². The minimum atomic E-state index is -1.82. The minimum absolute atomic E-state index is 0.668. The van der Waals surface area contributed by atoms with Gasteiger partial charge in [-0.05, 0) is 0 Å². The van der Waals surface area contributed by atoms with Crippen molar-refractivity contribution in [2.45, 2.75) is 36.7 Å². The predicted molar refractivity (Wildman–Crippen MR) is 66.3 cm³/mol. The quantitative estimate of drug-likeness (QED) is 0.320. The van der Waals surface area contributed by atoms with Crippen LogP contribution >= 0.6 is 0 Å². The molecule has 0 aromatic carbocycles. The fourth-order valence-corrected chi connectivity index (χ4v) is 2.14. The minimum Gasteiger partial charge on any atom is -0.394 e. The highest BCUT2D eigenvalue weighted by Crippen LogP contribution is 2.26. The van der Waals surface area contributed by atoms with Gasteiger partial charge >= 0.3 is 5.69 Å². The lowest BCUT2D eigenvalue weighted by Gasteiger charge is -2.26. The molecule has 10 nitrogen and oxygen atoms in total. The van der Waals surface area contributed by atoms with Gasteiger partial charge in [-0.15, -0.1) is 0 Å². The highest BCUT2D eigenvalue weighted by molar-refractivity contribution is 4.94. The largest absolute Gasteiger partial charge is 0.394 e. The molecule has 1 fully saturated rings. The first-order valence-corrected chi connectivity index (χ1v) is 6.17. The molecule has 1 aliphatic heterocycles. The van der Waals surface area contributed by atoms with Gasteiger partial charge in [0.05, 0.1) is 6.61 Å². The highest BCUT2D eigenvalue weighted by atomic mass is 16.6. The third-order valence-corrected chi connectivity index (χ3v) is 3.34. The Bertz CT molecular complexity index is 596. The third-order valence-electron chi connectivity index (χ3n) is 3.34. The van der Waals surface area contributed by atoms with Crippen LogP contribution in [0.2, 0.25) is 0 Å². The van der Waals surface area contributed by atoms with Gasteiger partial charge < -0.3 is 30.3 Å². The van der Waals surface area contributed by atoms with Crippen LogP contribution in [0.15, 0.2) is 21.9 Å². The predicted octanol–water partition coefficient (Wildman–Crippen LogP) is -4.13. The van der Waals surface area contributed by atoms with Gasteiger partial charge in [-0.2, -0.15) is 0 Å². The lowest BCUT2D eigenvalue weighted by Crippen LogP contribution is -2.47. The number of aliphatic hydroxyl groups excluding tert-OH is 5. The van der Waals surface area contributed by atoms with E-state index >= 15 is 0 Å². The molecule has 0 bridgehead atoms. The van der Waals surface area contributed by atoms with Gasteiger partial charge in [-0.25, -0.2) is 4.79 Å². The summed E-state index contributed by atoms with van der Waals surface area (Å²) in [7, 11) is 0. The number of aliphatic hydroxyl groups is 5. The normalized spacial score (nSPS) is 37.2. The van der Waals surface area contributed by atoms with E-state index in [1.54, 1.807) is 0 Å². The van der Waals surface area contributed by atoms with Crippen molar-refractivity contribution in [2.24, 2.45) is 0 Å². The van der Waals surface area contributed by atoms with E-state index in [1.165, 1.54) is 0 Å². The van der Waals surface area contributed by atoms with E-state index < -0.39 is 54.6 Å². The number of ether oxygens (including phenoxy) is 1. The molecule has 0 unspecified atom stereocenters. The Kier molecular flexibility index (Phi) is 4.56. The van der Waals surface area contributed by atoms with Gasteiger partial charge in [0.15, 0.2) is 6.23 Å². The van der Waals surface area contributed by atoms with Crippen LogP contribution in [-0.4, -0.2) is 72.2 Å². The average molecular weight is 304 g/mol. The number of nitrogens with zero attached hydrogens (tertiary/aromatic N) is 1. The molecular formula is C11H16N2O8. The van der Waals surface area contributed by atoms with Crippen LogP contribution in [0.25, 0.3) is 0 Å². The number of aromatic nitrogens is 2. The Morgan fingerprint density at radius 3 is 2.29 bits per heavy atom. The van der Waals surface area contributed by atoms with E-state index in [0.717, 1.165) is 16.8 Å². The molecule has 2 heterocycles. The molecule has 2 rings (SSSR count). The molecule has 0 spiro atoms. The Labute approximate surface area is 117 Å². The summed E-state index contributed by atoms with van der Waals surface area (Å²) in [6.07, 6.45) is -8.84. The van der Waals surface area contributed by atoms with Gasteiger partial charge in [0.2, 0.25) is 0 Å². The van der Waals surface area contributed by atoms with Crippen molar-refractivity contribution in [3.8, 4) is 0 Å². The molecule has 6 atom stereocenters. The fraction of sp³-hybridized carbons (Fsp3) is 0.636. The summed E-state index contributed by atoms with van der Waals surface area (Å²) in [5, 5.41) is 48.3. The van der Waals surface area contributed by atoms with E-state index in [9.17, 15) is 30.0 Å². The van der Waals surface area contributed by atoms with Crippen molar-refractivity contribution in [2.75, 3.05) is 6.61 Å². The summed E-state index contributed by atoms with van der Waals surface area (Å²) >= 11 is 0. The van der Waals surface area contributed by atoms with Crippen LogP contribution in [0.3, 0.4) is 0 Å². The lowest BCUT2D eigenvalue weighted by atomic mass is 10.0. The first-order chi connectivity index (χ1) is 9.86. The van der Waals surface area contributed by atoms with Gasteiger partial charge in [0, 0.05) is 12.3 Å². The van der Waals surface area contributed by atoms with E-state index in [1.807, 2.05) is 4.98 Å². The Hall–Kier alpha value is -1.56. The monoisotopic (exact) mass is 304 g/mol. The maximum absolute atomic E-state index is 11.7. The second kappa shape index (κ2) is 6.05. The van der Waals surface area contributed by atoms with Crippen LogP contribution < -0.4 is 11.2 Å². The summed E-state index contributed by atoms with van der Waals surface area (Å²) in [5.74, 6) is 0. The zero-order valence-corrected chi connectivity index (χ0v) is 10.7. The molecule has 1 saturated heterocycles. The molecule has 1 aromatic rings. The number of hydrogen-bond acceptors (Lipinski definition) is 8. The number of rotatable bonds is 2. The maximum Gasteiger partial charge on any atom is 0.330 e. The van der Waals surface area contributed by atoms with Crippen molar-refractivity contribution in [3.63, 3.8) is 0 Å². The standard InChI is InChI=1S/C11H16N2O8/c14-3-4-6(16)7(17)8(18)9(19)10(21-4)13-2-1-5(15)12-11(13)20/h1-2,4,6-10,14,16-19H,3H2,(H,12,15,20)/t4-,6-,7+,8-,9-,10-/m1/s1. The SMILES string of the molecule is O=c1ccn([C@@H]2O[C@H](CO)[C@@H](O)[C@H](O)[C@@H](O)[C@H]2O)c(=O)[nH]1. The Morgan fingerprint density at radius 2 is 1.71 bits per heavy atom. The number of hydrogen-bond donors (Lipinski definition) is 6. The van der Waals surface area contributed by atoms with Gasteiger partial charge in [-0.1, -0.05) is 0 Å². The fourth-order valence-electron chi connectivity index (χ4n) is 2.14. The number of nitrogens with one attached hydrogen (secondary N) is 1. The molecule has 1 aliphatic rings. The average Bonchev–Trinajstić information content (AvgIpc) is 2.53. The second-order valence-corrected chi connectivity index (χ2v) is 4.73.